The van der Waals surface area contributed by atoms with Gasteiger partial charge in [-0.15, -0.1) is 0 Å². The van der Waals surface area contributed by atoms with E-state index in [0.717, 1.165) is 0 Å². The highest BCUT2D eigenvalue weighted by molar-refractivity contribution is 5.79. The smallest absolute Gasteiger partial charge is 0.308 e. The molecule has 21 heavy (non-hydrogen) atoms. The Labute approximate surface area is 122 Å². The van der Waals surface area contributed by atoms with Crippen molar-refractivity contribution in [3.63, 3.8) is 0 Å². The first-order chi connectivity index (χ1) is 9.97. The summed E-state index contributed by atoms with van der Waals surface area (Å²) in [5, 5.41) is 8.83. The van der Waals surface area contributed by atoms with Crippen LogP contribution in [-0.4, -0.2) is 79.6 Å². The molecular weight excluding hydrogens is 286 g/mol. The van der Waals surface area contributed by atoms with Gasteiger partial charge in [0.25, 0.3) is 6.43 Å². The van der Waals surface area contributed by atoms with Gasteiger partial charge in [0.1, 0.15) is 0 Å². The predicted octanol–water partition coefficient (Wildman–Crippen LogP) is -0.0426. The summed E-state index contributed by atoms with van der Waals surface area (Å²) >= 11 is 0. The van der Waals surface area contributed by atoms with Gasteiger partial charge in [-0.1, -0.05) is 0 Å². The summed E-state index contributed by atoms with van der Waals surface area (Å²) in [4.78, 5) is 26.2. The van der Waals surface area contributed by atoms with Crippen LogP contribution in [0.15, 0.2) is 0 Å². The van der Waals surface area contributed by atoms with Crippen molar-refractivity contribution in [2.45, 2.75) is 19.3 Å². The highest BCUT2D eigenvalue weighted by Gasteiger charge is 2.28. The van der Waals surface area contributed by atoms with E-state index < -0.39 is 13.0 Å². The Morgan fingerprint density at radius 3 is 2.48 bits per heavy atom. The van der Waals surface area contributed by atoms with Crippen LogP contribution in [0.1, 0.15) is 12.8 Å². The number of carbonyl (C=O) groups excluding carboxylic acids is 2. The predicted molar refractivity (Wildman–Crippen MR) is 70.8 cm³/mol. The summed E-state index contributed by atoms with van der Waals surface area (Å²) in [5.41, 5.74) is 0. The zero-order chi connectivity index (χ0) is 15.8. The Morgan fingerprint density at radius 2 is 2.00 bits per heavy atom. The maximum Gasteiger partial charge on any atom is 0.308 e. The van der Waals surface area contributed by atoms with Gasteiger partial charge in [-0.2, -0.15) is 0 Å². The minimum atomic E-state index is -2.55. The van der Waals surface area contributed by atoms with Crippen LogP contribution in [-0.2, 0) is 14.3 Å². The van der Waals surface area contributed by atoms with Gasteiger partial charge in [-0.3, -0.25) is 14.5 Å². The molecule has 0 aliphatic carbocycles. The van der Waals surface area contributed by atoms with Gasteiger partial charge < -0.3 is 14.7 Å². The number of carbonyl (C=O) groups is 2. The summed E-state index contributed by atoms with van der Waals surface area (Å²) in [6.45, 7) is -0.0850. The van der Waals surface area contributed by atoms with E-state index >= 15 is 0 Å². The van der Waals surface area contributed by atoms with E-state index in [1.165, 1.54) is 12.0 Å². The highest BCUT2D eigenvalue weighted by Crippen LogP contribution is 2.18. The van der Waals surface area contributed by atoms with Crippen molar-refractivity contribution in [1.29, 1.82) is 0 Å². The molecule has 6 nitrogen and oxygen atoms in total. The first-order valence-electron chi connectivity index (χ1n) is 6.95. The number of likely N-dealkylation sites (tertiary alicyclic amines) is 1. The van der Waals surface area contributed by atoms with Crippen molar-refractivity contribution in [2.75, 3.05) is 46.4 Å². The molecule has 0 atom stereocenters. The van der Waals surface area contributed by atoms with E-state index in [-0.39, 0.29) is 37.5 Å². The number of ether oxygens (including phenoxy) is 1. The van der Waals surface area contributed by atoms with E-state index in [1.54, 1.807) is 4.90 Å². The molecule has 1 amide bonds. The van der Waals surface area contributed by atoms with Crippen molar-refractivity contribution in [2.24, 2.45) is 5.92 Å². The average Bonchev–Trinajstić information content (AvgIpc) is 2.46. The van der Waals surface area contributed by atoms with Crippen LogP contribution < -0.4 is 0 Å². The Kier molecular flexibility index (Phi) is 7.52. The molecule has 0 unspecified atom stereocenters. The third-order valence-electron chi connectivity index (χ3n) is 3.55. The number of halogens is 2. The molecule has 1 aliphatic heterocycles. The number of amides is 1. The van der Waals surface area contributed by atoms with Crippen molar-refractivity contribution < 1.29 is 28.2 Å². The third kappa shape index (κ3) is 5.92. The molecule has 1 rings (SSSR count). The Hall–Kier alpha value is -1.28. The van der Waals surface area contributed by atoms with Gasteiger partial charge in [0.05, 0.1) is 32.7 Å². The maximum absolute atomic E-state index is 12.4. The average molecular weight is 308 g/mol. The molecule has 0 bridgehead atoms. The number of piperidine rings is 1. The molecule has 1 saturated heterocycles. The molecule has 8 heteroatoms. The molecule has 0 aromatic heterocycles. The van der Waals surface area contributed by atoms with Crippen LogP contribution in [0.4, 0.5) is 8.78 Å². The molecule has 0 aromatic rings. The van der Waals surface area contributed by atoms with E-state index in [9.17, 15) is 18.4 Å². The second-order valence-corrected chi connectivity index (χ2v) is 5.03. The third-order valence-corrected chi connectivity index (χ3v) is 3.55. The second-order valence-electron chi connectivity index (χ2n) is 5.03. The summed E-state index contributed by atoms with van der Waals surface area (Å²) in [7, 11) is 1.33. The van der Waals surface area contributed by atoms with Crippen LogP contribution in [0, 0.1) is 5.92 Å². The normalized spacial score (nSPS) is 16.6. The molecule has 0 radical (unpaired) electrons. The van der Waals surface area contributed by atoms with E-state index in [4.69, 9.17) is 5.11 Å². The molecule has 0 aromatic carbocycles. The van der Waals surface area contributed by atoms with Crippen molar-refractivity contribution in [1.82, 2.24) is 9.80 Å². The number of hydrogen-bond acceptors (Lipinski definition) is 5. The highest BCUT2D eigenvalue weighted by atomic mass is 19.3. The number of hydrogen-bond donors (Lipinski definition) is 1. The molecular formula is C13H22F2N2O4. The minimum absolute atomic E-state index is 0.0364. The van der Waals surface area contributed by atoms with Gasteiger partial charge >= 0.3 is 5.97 Å². The van der Waals surface area contributed by atoms with Crippen LogP contribution in [0.2, 0.25) is 0 Å². The summed E-state index contributed by atoms with van der Waals surface area (Å²) in [6.07, 6.45) is -1.50. The number of alkyl halides is 2. The summed E-state index contributed by atoms with van der Waals surface area (Å²) in [6, 6.07) is 0. The van der Waals surface area contributed by atoms with E-state index in [0.29, 0.717) is 25.9 Å². The SMILES string of the molecule is COC(=O)C1CCN(C(=O)CN(CCO)CC(F)F)CC1. The van der Waals surface area contributed by atoms with E-state index in [2.05, 4.69) is 4.74 Å². The maximum atomic E-state index is 12.4. The summed E-state index contributed by atoms with van der Waals surface area (Å²) < 4.78 is 29.4. The fourth-order valence-corrected chi connectivity index (χ4v) is 2.39. The van der Waals surface area contributed by atoms with Crippen LogP contribution in [0.5, 0.6) is 0 Å². The molecule has 1 heterocycles. The molecule has 1 aliphatic rings. The first kappa shape index (κ1) is 17.8. The fourth-order valence-electron chi connectivity index (χ4n) is 2.39. The lowest BCUT2D eigenvalue weighted by atomic mass is 9.97. The summed E-state index contributed by atoms with van der Waals surface area (Å²) in [5.74, 6) is -0.734. The number of rotatable bonds is 7. The number of esters is 1. The molecule has 0 saturated carbocycles. The molecule has 122 valence electrons. The first-order valence-corrected chi connectivity index (χ1v) is 6.95. The number of aliphatic hydroxyl groups excluding tert-OH is 1. The largest absolute Gasteiger partial charge is 0.469 e. The molecule has 0 spiro atoms. The molecule has 1 fully saturated rings. The van der Waals surface area contributed by atoms with Gasteiger partial charge in [-0.25, -0.2) is 8.78 Å². The van der Waals surface area contributed by atoms with Gasteiger partial charge in [0.2, 0.25) is 5.91 Å². The van der Waals surface area contributed by atoms with Crippen LogP contribution in [0.3, 0.4) is 0 Å². The van der Waals surface area contributed by atoms with Crippen molar-refractivity contribution >= 4 is 11.9 Å². The number of aliphatic hydroxyl groups is 1. The molecule has 1 N–H and O–H groups in total. The van der Waals surface area contributed by atoms with Crippen LogP contribution >= 0.6 is 0 Å². The zero-order valence-electron chi connectivity index (χ0n) is 12.1. The van der Waals surface area contributed by atoms with Gasteiger partial charge in [0.15, 0.2) is 0 Å². The Balaban J connectivity index is 2.43. The lowest BCUT2D eigenvalue weighted by molar-refractivity contribution is -0.149. The standard InChI is InChI=1S/C13H22F2N2O4/c1-21-13(20)10-2-4-17(5-3-10)12(19)9-16(6-7-18)8-11(14)15/h10-11,18H,2-9H2,1H3. The minimum Gasteiger partial charge on any atom is -0.469 e. The lowest BCUT2D eigenvalue weighted by Gasteiger charge is -2.32. The topological polar surface area (TPSA) is 70.1 Å². The van der Waals surface area contributed by atoms with Gasteiger partial charge in [0, 0.05) is 19.6 Å². The van der Waals surface area contributed by atoms with Crippen molar-refractivity contribution in [3.8, 4) is 0 Å². The Morgan fingerprint density at radius 1 is 1.38 bits per heavy atom. The number of methoxy groups -OCH3 is 1. The van der Waals surface area contributed by atoms with Gasteiger partial charge in [-0.05, 0) is 12.8 Å². The van der Waals surface area contributed by atoms with E-state index in [1.807, 2.05) is 0 Å². The number of nitrogens with zero attached hydrogens (tertiary/aromatic N) is 2. The fraction of sp³-hybridized carbons (Fsp3) is 0.846. The van der Waals surface area contributed by atoms with Crippen molar-refractivity contribution in [3.05, 3.63) is 0 Å². The monoisotopic (exact) mass is 308 g/mol. The second kappa shape index (κ2) is 8.89. The Bertz CT molecular complexity index is 347. The lowest BCUT2D eigenvalue weighted by Crippen LogP contribution is -2.46. The quantitative estimate of drug-likeness (QED) is 0.668. The van der Waals surface area contributed by atoms with Crippen LogP contribution in [0.25, 0.3) is 0 Å². The zero-order valence-corrected chi connectivity index (χ0v) is 12.1.